The molecule has 0 amide bonds. The molecule has 1 saturated carbocycles. The van der Waals surface area contributed by atoms with Crippen LogP contribution in [0.3, 0.4) is 0 Å². The van der Waals surface area contributed by atoms with Crippen LogP contribution in [0.2, 0.25) is 0 Å². The lowest BCUT2D eigenvalue weighted by molar-refractivity contribution is 0.279. The number of fused-ring (bicyclic) bond motifs is 1. The first kappa shape index (κ1) is 13.0. The molecular formula is C15H19BrN2O. The summed E-state index contributed by atoms with van der Waals surface area (Å²) in [6.45, 7) is 2.29. The number of aromatic nitrogens is 2. The van der Waals surface area contributed by atoms with Gasteiger partial charge in [0.1, 0.15) is 0 Å². The summed E-state index contributed by atoms with van der Waals surface area (Å²) in [5.74, 6) is 0. The SMILES string of the molecule is CCC1(C(Br)c2ccc3[nH]c(=O)[nH]c3c2)CCCC1. The predicted octanol–water partition coefficient (Wildman–Crippen LogP) is 4.26. The summed E-state index contributed by atoms with van der Waals surface area (Å²) in [4.78, 5) is 17.3. The minimum absolute atomic E-state index is 0.135. The molecule has 1 atom stereocenters. The smallest absolute Gasteiger partial charge is 0.306 e. The predicted molar refractivity (Wildman–Crippen MR) is 81.8 cm³/mol. The number of benzene rings is 1. The molecule has 1 heterocycles. The molecule has 1 aromatic carbocycles. The van der Waals surface area contributed by atoms with E-state index in [0.29, 0.717) is 10.2 Å². The molecule has 19 heavy (non-hydrogen) atoms. The van der Waals surface area contributed by atoms with Crippen LogP contribution >= 0.6 is 15.9 Å². The molecule has 1 fully saturated rings. The van der Waals surface area contributed by atoms with Gasteiger partial charge in [0.15, 0.2) is 0 Å². The third kappa shape index (κ3) is 2.16. The Hall–Kier alpha value is -1.03. The molecule has 0 spiro atoms. The number of halogens is 1. The molecule has 2 aromatic rings. The second-order valence-electron chi connectivity index (χ2n) is 5.67. The van der Waals surface area contributed by atoms with Crippen LogP contribution in [-0.4, -0.2) is 9.97 Å². The summed E-state index contributed by atoms with van der Waals surface area (Å²) < 4.78 is 0. The van der Waals surface area contributed by atoms with Crippen molar-refractivity contribution in [3.05, 3.63) is 34.2 Å². The molecule has 0 saturated heterocycles. The van der Waals surface area contributed by atoms with E-state index >= 15 is 0 Å². The highest BCUT2D eigenvalue weighted by molar-refractivity contribution is 9.09. The highest BCUT2D eigenvalue weighted by atomic mass is 79.9. The standard InChI is InChI=1S/C15H19BrN2O/c1-2-15(7-3-4-8-15)13(16)10-5-6-11-12(9-10)18-14(19)17-11/h5-6,9,13H,2-4,7-8H2,1H3,(H2,17,18,19). The van der Waals surface area contributed by atoms with Crippen LogP contribution in [0.4, 0.5) is 0 Å². The fourth-order valence-corrected chi connectivity index (χ4v) is 4.49. The maximum atomic E-state index is 11.3. The summed E-state index contributed by atoms with van der Waals surface area (Å²) in [5, 5.41) is 0. The van der Waals surface area contributed by atoms with Crippen molar-refractivity contribution < 1.29 is 0 Å². The second-order valence-corrected chi connectivity index (χ2v) is 6.59. The number of aromatic amines is 2. The Labute approximate surface area is 120 Å². The number of H-pyrrole nitrogens is 2. The van der Waals surface area contributed by atoms with Gasteiger partial charge in [0.05, 0.1) is 11.0 Å². The number of hydrogen-bond donors (Lipinski definition) is 2. The summed E-state index contributed by atoms with van der Waals surface area (Å²) in [5.41, 5.74) is 3.29. The van der Waals surface area contributed by atoms with Gasteiger partial charge in [-0.2, -0.15) is 0 Å². The van der Waals surface area contributed by atoms with Crippen molar-refractivity contribution in [3.63, 3.8) is 0 Å². The van der Waals surface area contributed by atoms with Crippen LogP contribution in [-0.2, 0) is 0 Å². The summed E-state index contributed by atoms with van der Waals surface area (Å²) in [7, 11) is 0. The Kier molecular flexibility index (Phi) is 3.29. The first-order chi connectivity index (χ1) is 9.14. The molecule has 0 aliphatic heterocycles. The maximum absolute atomic E-state index is 11.3. The van der Waals surface area contributed by atoms with Gasteiger partial charge >= 0.3 is 5.69 Å². The van der Waals surface area contributed by atoms with Crippen molar-refractivity contribution in [2.45, 2.75) is 43.9 Å². The first-order valence-corrected chi connectivity index (χ1v) is 7.92. The highest BCUT2D eigenvalue weighted by Gasteiger charge is 2.39. The zero-order chi connectivity index (χ0) is 13.5. The summed E-state index contributed by atoms with van der Waals surface area (Å²) in [6, 6.07) is 6.22. The van der Waals surface area contributed by atoms with Gasteiger partial charge in [-0.25, -0.2) is 4.79 Å². The molecule has 2 N–H and O–H groups in total. The van der Waals surface area contributed by atoms with E-state index < -0.39 is 0 Å². The molecule has 1 aliphatic rings. The molecule has 0 bridgehead atoms. The van der Waals surface area contributed by atoms with Crippen molar-refractivity contribution in [2.75, 3.05) is 0 Å². The van der Waals surface area contributed by atoms with Crippen LogP contribution in [0, 0.1) is 5.41 Å². The molecule has 0 radical (unpaired) electrons. The lowest BCUT2D eigenvalue weighted by Crippen LogP contribution is -2.21. The van der Waals surface area contributed by atoms with Gasteiger partial charge in [0.2, 0.25) is 0 Å². The van der Waals surface area contributed by atoms with Crippen molar-refractivity contribution in [1.82, 2.24) is 9.97 Å². The van der Waals surface area contributed by atoms with E-state index in [1.807, 2.05) is 6.07 Å². The zero-order valence-corrected chi connectivity index (χ0v) is 12.7. The van der Waals surface area contributed by atoms with Gasteiger partial charge in [-0.1, -0.05) is 41.8 Å². The van der Waals surface area contributed by atoms with Crippen LogP contribution in [0.15, 0.2) is 23.0 Å². The van der Waals surface area contributed by atoms with Gasteiger partial charge < -0.3 is 9.97 Å². The Morgan fingerprint density at radius 3 is 2.63 bits per heavy atom. The zero-order valence-electron chi connectivity index (χ0n) is 11.1. The fourth-order valence-electron chi connectivity index (χ4n) is 3.43. The van der Waals surface area contributed by atoms with Crippen molar-refractivity contribution in [2.24, 2.45) is 5.41 Å². The normalized spacial score (nSPS) is 19.9. The van der Waals surface area contributed by atoms with Crippen LogP contribution in [0.5, 0.6) is 0 Å². The van der Waals surface area contributed by atoms with E-state index in [9.17, 15) is 4.79 Å². The molecule has 1 aromatic heterocycles. The third-order valence-electron chi connectivity index (χ3n) is 4.67. The Morgan fingerprint density at radius 2 is 1.95 bits per heavy atom. The van der Waals surface area contributed by atoms with E-state index in [-0.39, 0.29) is 5.69 Å². The van der Waals surface area contributed by atoms with E-state index in [1.54, 1.807) is 0 Å². The van der Waals surface area contributed by atoms with Crippen LogP contribution in [0.25, 0.3) is 11.0 Å². The van der Waals surface area contributed by atoms with Gasteiger partial charge in [0.25, 0.3) is 0 Å². The van der Waals surface area contributed by atoms with E-state index in [0.717, 1.165) is 11.0 Å². The minimum atomic E-state index is -0.135. The average Bonchev–Trinajstić information content (AvgIpc) is 3.02. The largest absolute Gasteiger partial charge is 0.323 e. The number of imidazole rings is 1. The quantitative estimate of drug-likeness (QED) is 0.815. The van der Waals surface area contributed by atoms with Gasteiger partial charge in [0, 0.05) is 4.83 Å². The van der Waals surface area contributed by atoms with Crippen molar-refractivity contribution >= 4 is 27.0 Å². The lowest BCUT2D eigenvalue weighted by Gasteiger charge is -2.33. The first-order valence-electron chi connectivity index (χ1n) is 7.01. The topological polar surface area (TPSA) is 48.6 Å². The van der Waals surface area contributed by atoms with Gasteiger partial charge in [-0.3, -0.25) is 0 Å². The monoisotopic (exact) mass is 322 g/mol. The average molecular weight is 323 g/mol. The molecule has 3 rings (SSSR count). The number of alkyl halides is 1. The van der Waals surface area contributed by atoms with E-state index in [1.165, 1.54) is 37.7 Å². The Morgan fingerprint density at radius 1 is 1.26 bits per heavy atom. The number of rotatable bonds is 3. The maximum Gasteiger partial charge on any atom is 0.323 e. The minimum Gasteiger partial charge on any atom is -0.306 e. The third-order valence-corrected chi connectivity index (χ3v) is 6.17. The number of nitrogens with one attached hydrogen (secondary N) is 2. The molecule has 1 aliphatic carbocycles. The van der Waals surface area contributed by atoms with Gasteiger partial charge in [-0.05, 0) is 42.4 Å². The van der Waals surface area contributed by atoms with Crippen LogP contribution < -0.4 is 5.69 Å². The Bertz CT molecular complexity index is 637. The van der Waals surface area contributed by atoms with E-state index in [4.69, 9.17) is 0 Å². The molecular weight excluding hydrogens is 304 g/mol. The number of hydrogen-bond acceptors (Lipinski definition) is 1. The fraction of sp³-hybridized carbons (Fsp3) is 0.533. The van der Waals surface area contributed by atoms with Crippen LogP contribution in [0.1, 0.15) is 49.4 Å². The van der Waals surface area contributed by atoms with Crippen molar-refractivity contribution in [3.8, 4) is 0 Å². The van der Waals surface area contributed by atoms with Crippen molar-refractivity contribution in [1.29, 1.82) is 0 Å². The summed E-state index contributed by atoms with van der Waals surface area (Å²) >= 11 is 3.92. The molecule has 102 valence electrons. The summed E-state index contributed by atoms with van der Waals surface area (Å²) in [6.07, 6.45) is 6.45. The lowest BCUT2D eigenvalue weighted by atomic mass is 9.77. The highest BCUT2D eigenvalue weighted by Crippen LogP contribution is 2.54. The molecule has 3 nitrogen and oxygen atoms in total. The van der Waals surface area contributed by atoms with Gasteiger partial charge in [-0.15, -0.1) is 0 Å². The Balaban J connectivity index is 2.00. The molecule has 4 heteroatoms. The second kappa shape index (κ2) is 4.82. The molecule has 1 unspecified atom stereocenters. The van der Waals surface area contributed by atoms with E-state index in [2.05, 4.69) is 45.0 Å².